The molecule has 0 radical (unpaired) electrons. The summed E-state index contributed by atoms with van der Waals surface area (Å²) in [7, 11) is 1.54. The van der Waals surface area contributed by atoms with Gasteiger partial charge in [0.2, 0.25) is 5.91 Å². The number of carbonyl (C=O) groups excluding carboxylic acids is 2. The van der Waals surface area contributed by atoms with Gasteiger partial charge in [0.1, 0.15) is 11.8 Å². The minimum Gasteiger partial charge on any atom is -0.497 e. The summed E-state index contributed by atoms with van der Waals surface area (Å²) in [6.45, 7) is 1.94. The fraction of sp³-hybridized carbons (Fsp3) is 0.286. The Morgan fingerprint density at radius 3 is 2.25 bits per heavy atom. The average molecular weight is 384 g/mol. The number of hydrogen-bond acceptors (Lipinski definition) is 4. The smallest absolute Gasteiger partial charge is 0.303 e. The summed E-state index contributed by atoms with van der Waals surface area (Å²) in [6, 6.07) is 14.5. The van der Waals surface area contributed by atoms with Gasteiger partial charge in [-0.05, 0) is 35.7 Å². The maximum Gasteiger partial charge on any atom is 0.303 e. The van der Waals surface area contributed by atoms with Gasteiger partial charge in [-0.2, -0.15) is 0 Å². The van der Waals surface area contributed by atoms with Crippen molar-refractivity contribution >= 4 is 17.8 Å². The first kappa shape index (κ1) is 21.0. The molecule has 0 spiro atoms. The van der Waals surface area contributed by atoms with E-state index in [0.29, 0.717) is 16.9 Å². The Kier molecular flexibility index (Phi) is 7.56. The highest BCUT2D eigenvalue weighted by atomic mass is 16.5. The third-order valence-electron chi connectivity index (χ3n) is 4.17. The van der Waals surface area contributed by atoms with Crippen LogP contribution in [-0.2, 0) is 9.59 Å². The highest BCUT2D eigenvalue weighted by Gasteiger charge is 2.23. The molecule has 2 atom stereocenters. The van der Waals surface area contributed by atoms with Gasteiger partial charge in [-0.25, -0.2) is 0 Å². The zero-order valence-electron chi connectivity index (χ0n) is 15.8. The van der Waals surface area contributed by atoms with Crippen LogP contribution in [-0.4, -0.2) is 36.5 Å². The van der Waals surface area contributed by atoms with E-state index in [1.54, 1.807) is 55.5 Å². The second-order valence-electron chi connectivity index (χ2n) is 6.49. The molecule has 0 saturated carbocycles. The highest BCUT2D eigenvalue weighted by Crippen LogP contribution is 2.16. The van der Waals surface area contributed by atoms with E-state index in [-0.39, 0.29) is 18.9 Å². The van der Waals surface area contributed by atoms with E-state index in [1.807, 2.05) is 6.07 Å². The van der Waals surface area contributed by atoms with Crippen LogP contribution in [0, 0.1) is 5.92 Å². The molecule has 0 saturated heterocycles. The number of carboxylic acid groups (broad SMARTS) is 1. The first-order valence-electron chi connectivity index (χ1n) is 8.90. The zero-order chi connectivity index (χ0) is 20.5. The molecule has 7 heteroatoms. The van der Waals surface area contributed by atoms with Gasteiger partial charge in [0.25, 0.3) is 5.91 Å². The van der Waals surface area contributed by atoms with E-state index in [2.05, 4.69) is 10.6 Å². The Morgan fingerprint density at radius 2 is 1.68 bits per heavy atom. The molecule has 2 amide bonds. The number of carbonyl (C=O) groups is 3. The van der Waals surface area contributed by atoms with Crippen LogP contribution in [0.2, 0.25) is 0 Å². The van der Waals surface area contributed by atoms with Gasteiger partial charge >= 0.3 is 5.97 Å². The fourth-order valence-corrected chi connectivity index (χ4v) is 2.65. The number of nitrogens with one attached hydrogen (secondary N) is 2. The van der Waals surface area contributed by atoms with Crippen molar-refractivity contribution in [2.45, 2.75) is 19.4 Å². The van der Waals surface area contributed by atoms with E-state index in [1.165, 1.54) is 7.11 Å². The van der Waals surface area contributed by atoms with Crippen molar-refractivity contribution in [1.82, 2.24) is 10.6 Å². The average Bonchev–Trinajstić information content (AvgIpc) is 2.70. The molecular weight excluding hydrogens is 360 g/mol. The Balaban J connectivity index is 2.11. The van der Waals surface area contributed by atoms with Gasteiger partial charge in [-0.3, -0.25) is 14.4 Å². The summed E-state index contributed by atoms with van der Waals surface area (Å²) in [6.07, 6.45) is -0.0471. The van der Waals surface area contributed by atoms with Crippen LogP contribution >= 0.6 is 0 Å². The lowest BCUT2D eigenvalue weighted by Crippen LogP contribution is -2.41. The van der Waals surface area contributed by atoms with Crippen molar-refractivity contribution in [3.63, 3.8) is 0 Å². The zero-order valence-corrected chi connectivity index (χ0v) is 15.8. The topological polar surface area (TPSA) is 105 Å². The largest absolute Gasteiger partial charge is 0.497 e. The van der Waals surface area contributed by atoms with E-state index in [0.717, 1.165) is 0 Å². The summed E-state index contributed by atoms with van der Waals surface area (Å²) >= 11 is 0. The molecule has 148 valence electrons. The monoisotopic (exact) mass is 384 g/mol. The van der Waals surface area contributed by atoms with Crippen LogP contribution in [0.25, 0.3) is 0 Å². The number of hydrogen-bond donors (Lipinski definition) is 3. The third kappa shape index (κ3) is 6.12. The van der Waals surface area contributed by atoms with Crippen LogP contribution in [0.1, 0.15) is 35.3 Å². The Hall–Kier alpha value is -3.35. The summed E-state index contributed by atoms with van der Waals surface area (Å²) in [4.78, 5) is 36.1. The van der Waals surface area contributed by atoms with E-state index in [9.17, 15) is 14.4 Å². The van der Waals surface area contributed by atoms with Gasteiger partial charge < -0.3 is 20.5 Å². The predicted molar refractivity (Wildman–Crippen MR) is 104 cm³/mol. The Morgan fingerprint density at radius 1 is 1.04 bits per heavy atom. The molecule has 3 N–H and O–H groups in total. The highest BCUT2D eigenvalue weighted by molar-refractivity contribution is 5.98. The number of rotatable bonds is 9. The minimum absolute atomic E-state index is 0.0471. The molecule has 7 nitrogen and oxygen atoms in total. The number of ether oxygens (including phenoxy) is 1. The van der Waals surface area contributed by atoms with Crippen LogP contribution in [0.3, 0.4) is 0 Å². The van der Waals surface area contributed by atoms with Gasteiger partial charge in [0.15, 0.2) is 0 Å². The van der Waals surface area contributed by atoms with Crippen molar-refractivity contribution in [1.29, 1.82) is 0 Å². The third-order valence-corrected chi connectivity index (χ3v) is 4.17. The molecule has 2 aromatic rings. The molecule has 0 aliphatic heterocycles. The van der Waals surface area contributed by atoms with Crippen LogP contribution in [0.15, 0.2) is 54.6 Å². The molecule has 0 fully saturated rings. The SMILES string of the molecule is COc1ccc(C(=O)NC(C(=O)NCC(C)CC(=O)O)c2ccccc2)cc1. The van der Waals surface area contributed by atoms with Crippen molar-refractivity contribution in [2.24, 2.45) is 5.92 Å². The summed E-state index contributed by atoms with van der Waals surface area (Å²) in [5.41, 5.74) is 1.03. The molecule has 0 bridgehead atoms. The molecule has 0 aromatic heterocycles. The summed E-state index contributed by atoms with van der Waals surface area (Å²) < 4.78 is 5.08. The van der Waals surface area contributed by atoms with Crippen LogP contribution in [0.4, 0.5) is 0 Å². The van der Waals surface area contributed by atoms with Crippen LogP contribution in [0.5, 0.6) is 5.75 Å². The van der Waals surface area contributed by atoms with E-state index < -0.39 is 23.8 Å². The minimum atomic E-state index is -0.922. The molecule has 2 unspecified atom stereocenters. The molecule has 2 aromatic carbocycles. The quantitative estimate of drug-likeness (QED) is 0.616. The maximum absolute atomic E-state index is 12.7. The lowest BCUT2D eigenvalue weighted by molar-refractivity contribution is -0.138. The number of aliphatic carboxylic acids is 1. The fourth-order valence-electron chi connectivity index (χ4n) is 2.65. The predicted octanol–water partition coefficient (Wildman–Crippen LogP) is 2.39. The first-order valence-corrected chi connectivity index (χ1v) is 8.90. The Labute approximate surface area is 163 Å². The lowest BCUT2D eigenvalue weighted by Gasteiger charge is -2.20. The van der Waals surface area contributed by atoms with Gasteiger partial charge in [0, 0.05) is 18.5 Å². The normalized spacial score (nSPS) is 12.5. The summed E-state index contributed by atoms with van der Waals surface area (Å²) in [5, 5.41) is 14.3. The van der Waals surface area contributed by atoms with E-state index in [4.69, 9.17) is 9.84 Å². The molecular formula is C21H24N2O5. The molecule has 28 heavy (non-hydrogen) atoms. The standard InChI is InChI=1S/C21H24N2O5/c1-14(12-18(24)25)13-22-21(27)19(15-6-4-3-5-7-15)23-20(26)16-8-10-17(28-2)11-9-16/h3-11,14,19H,12-13H2,1-2H3,(H,22,27)(H,23,26)(H,24,25). The van der Waals surface area contributed by atoms with Gasteiger partial charge in [0.05, 0.1) is 7.11 Å². The van der Waals surface area contributed by atoms with Crippen molar-refractivity contribution < 1.29 is 24.2 Å². The number of amides is 2. The second-order valence-corrected chi connectivity index (χ2v) is 6.49. The van der Waals surface area contributed by atoms with Crippen molar-refractivity contribution in [2.75, 3.05) is 13.7 Å². The first-order chi connectivity index (χ1) is 13.4. The van der Waals surface area contributed by atoms with E-state index >= 15 is 0 Å². The number of carboxylic acids is 1. The van der Waals surface area contributed by atoms with Crippen LogP contribution < -0.4 is 15.4 Å². The van der Waals surface area contributed by atoms with Crippen molar-refractivity contribution in [3.8, 4) is 5.75 Å². The van der Waals surface area contributed by atoms with Gasteiger partial charge in [-0.1, -0.05) is 37.3 Å². The van der Waals surface area contributed by atoms with Gasteiger partial charge in [-0.15, -0.1) is 0 Å². The number of benzene rings is 2. The molecule has 2 rings (SSSR count). The lowest BCUT2D eigenvalue weighted by atomic mass is 10.0. The molecule has 0 heterocycles. The Bertz CT molecular complexity index is 805. The maximum atomic E-state index is 12.7. The summed E-state index contributed by atoms with van der Waals surface area (Å²) in [5.74, 6) is -1.32. The number of methoxy groups -OCH3 is 1. The molecule has 0 aliphatic carbocycles. The molecule has 0 aliphatic rings. The van der Waals surface area contributed by atoms with Crippen molar-refractivity contribution in [3.05, 3.63) is 65.7 Å². The second kappa shape index (κ2) is 10.1.